The minimum atomic E-state index is 0.718. The van der Waals surface area contributed by atoms with E-state index in [9.17, 15) is 4.79 Å². The third-order valence-electron chi connectivity index (χ3n) is 5.32. The Morgan fingerprint density at radius 3 is 2.69 bits per heavy atom. The van der Waals surface area contributed by atoms with Crippen molar-refractivity contribution in [3.63, 3.8) is 0 Å². The molecular weight excluding hydrogens is 388 g/mol. The summed E-state index contributed by atoms with van der Waals surface area (Å²) in [5.74, 6) is 0. The number of allylic oxidation sites excluding steroid dienone is 1. The number of nitrogens with zero attached hydrogens (tertiary/aromatic N) is 2. The second kappa shape index (κ2) is 7.28. The zero-order chi connectivity index (χ0) is 18.1. The van der Waals surface area contributed by atoms with Gasteiger partial charge in [0, 0.05) is 41.1 Å². The molecular formula is C22H23BrN2O. The summed E-state index contributed by atoms with van der Waals surface area (Å²) in [7, 11) is 0. The molecule has 2 aliphatic heterocycles. The van der Waals surface area contributed by atoms with Crippen molar-refractivity contribution < 1.29 is 4.79 Å². The Bertz CT molecular complexity index is 870. The summed E-state index contributed by atoms with van der Waals surface area (Å²) in [4.78, 5) is 16.4. The van der Waals surface area contributed by atoms with Crippen LogP contribution in [0.3, 0.4) is 0 Å². The lowest BCUT2D eigenvalue weighted by atomic mass is 9.93. The van der Waals surface area contributed by atoms with E-state index in [2.05, 4.69) is 56.9 Å². The Balaban J connectivity index is 1.77. The third-order valence-corrected chi connectivity index (χ3v) is 6.01. The predicted octanol–water partition coefficient (Wildman–Crippen LogP) is 5.29. The van der Waals surface area contributed by atoms with Crippen molar-refractivity contribution in [3.8, 4) is 0 Å². The van der Waals surface area contributed by atoms with Crippen molar-refractivity contribution in [1.82, 2.24) is 0 Å². The van der Waals surface area contributed by atoms with Gasteiger partial charge in [0.05, 0.1) is 11.3 Å². The van der Waals surface area contributed by atoms with Crippen LogP contribution in [0.4, 0.5) is 11.4 Å². The molecule has 0 unspecified atom stereocenters. The fourth-order valence-electron chi connectivity index (χ4n) is 3.85. The minimum Gasteiger partial charge on any atom is -0.371 e. The van der Waals surface area contributed by atoms with Gasteiger partial charge in [-0.2, -0.15) is 0 Å². The highest BCUT2D eigenvalue weighted by Gasteiger charge is 2.25. The quantitative estimate of drug-likeness (QED) is 0.640. The van der Waals surface area contributed by atoms with Crippen LogP contribution in [0.1, 0.15) is 41.3 Å². The standard InChI is InChI=1S/C22H23BrN2O/c1-2-5-21-18-9-8-17(24-11-4-12-24)14-16(18)10-13-25(21)22-7-3-6-20(23)19(22)15-26/h3,5-9,14-15H,2,4,10-13H2,1H3/b21-5-. The van der Waals surface area contributed by atoms with Crippen LogP contribution in [0, 0.1) is 0 Å². The van der Waals surface area contributed by atoms with Gasteiger partial charge < -0.3 is 9.80 Å². The highest BCUT2D eigenvalue weighted by Crippen LogP contribution is 2.38. The van der Waals surface area contributed by atoms with E-state index in [4.69, 9.17) is 0 Å². The van der Waals surface area contributed by atoms with E-state index in [1.807, 2.05) is 18.2 Å². The van der Waals surface area contributed by atoms with Gasteiger partial charge in [-0.1, -0.05) is 25.1 Å². The number of fused-ring (bicyclic) bond motifs is 1. The molecule has 2 heterocycles. The summed E-state index contributed by atoms with van der Waals surface area (Å²) in [6.45, 7) is 5.39. The Labute approximate surface area is 163 Å². The van der Waals surface area contributed by atoms with Crippen molar-refractivity contribution in [2.75, 3.05) is 29.4 Å². The van der Waals surface area contributed by atoms with Crippen LogP contribution in [0.15, 0.2) is 46.9 Å². The molecule has 1 saturated heterocycles. The SMILES string of the molecule is CC/C=C1/c2ccc(N3CCC3)cc2CCN1c1cccc(Br)c1C=O. The van der Waals surface area contributed by atoms with Crippen LogP contribution < -0.4 is 9.80 Å². The molecule has 26 heavy (non-hydrogen) atoms. The molecule has 0 N–H and O–H groups in total. The summed E-state index contributed by atoms with van der Waals surface area (Å²) in [6, 6.07) is 12.8. The van der Waals surface area contributed by atoms with Crippen molar-refractivity contribution in [2.45, 2.75) is 26.2 Å². The van der Waals surface area contributed by atoms with E-state index < -0.39 is 0 Å². The van der Waals surface area contributed by atoms with Crippen molar-refractivity contribution in [1.29, 1.82) is 0 Å². The fraction of sp³-hybridized carbons (Fsp3) is 0.318. The monoisotopic (exact) mass is 410 g/mol. The minimum absolute atomic E-state index is 0.718. The van der Waals surface area contributed by atoms with Gasteiger partial charge in [0.2, 0.25) is 0 Å². The van der Waals surface area contributed by atoms with Gasteiger partial charge in [0.15, 0.2) is 6.29 Å². The molecule has 2 aliphatic rings. The van der Waals surface area contributed by atoms with Gasteiger partial charge in [0.1, 0.15) is 0 Å². The molecule has 4 rings (SSSR count). The number of carbonyl (C=O) groups excluding carboxylic acids is 1. The van der Waals surface area contributed by atoms with Crippen LogP contribution in [0.5, 0.6) is 0 Å². The summed E-state index contributed by atoms with van der Waals surface area (Å²) in [5, 5.41) is 0. The van der Waals surface area contributed by atoms with Gasteiger partial charge >= 0.3 is 0 Å². The molecule has 0 bridgehead atoms. The van der Waals surface area contributed by atoms with Gasteiger partial charge in [-0.05, 0) is 65.0 Å². The molecule has 0 amide bonds. The highest BCUT2D eigenvalue weighted by molar-refractivity contribution is 9.10. The van der Waals surface area contributed by atoms with E-state index in [1.165, 1.54) is 42.0 Å². The molecule has 0 aliphatic carbocycles. The highest BCUT2D eigenvalue weighted by atomic mass is 79.9. The molecule has 1 fully saturated rings. The summed E-state index contributed by atoms with van der Waals surface area (Å²) in [6.07, 6.45) is 6.47. The number of benzene rings is 2. The maximum absolute atomic E-state index is 11.7. The maximum Gasteiger partial charge on any atom is 0.153 e. The Kier molecular flexibility index (Phi) is 4.86. The van der Waals surface area contributed by atoms with Crippen molar-refractivity contribution in [3.05, 3.63) is 63.6 Å². The summed E-state index contributed by atoms with van der Waals surface area (Å²) in [5.41, 5.74) is 6.95. The first-order chi connectivity index (χ1) is 12.7. The van der Waals surface area contributed by atoms with E-state index in [0.717, 1.165) is 41.4 Å². The van der Waals surface area contributed by atoms with Gasteiger partial charge in [-0.3, -0.25) is 4.79 Å². The average molecular weight is 411 g/mol. The lowest BCUT2D eigenvalue weighted by Gasteiger charge is -2.37. The number of rotatable bonds is 4. The first-order valence-corrected chi connectivity index (χ1v) is 10.1. The van der Waals surface area contributed by atoms with E-state index in [0.29, 0.717) is 0 Å². The van der Waals surface area contributed by atoms with Crippen molar-refractivity contribution >= 4 is 39.3 Å². The molecule has 2 aromatic carbocycles. The number of halogens is 1. The van der Waals surface area contributed by atoms with Crippen LogP contribution in [0.25, 0.3) is 5.70 Å². The zero-order valence-corrected chi connectivity index (χ0v) is 16.6. The topological polar surface area (TPSA) is 23.6 Å². The Morgan fingerprint density at radius 1 is 1.15 bits per heavy atom. The zero-order valence-electron chi connectivity index (χ0n) is 15.0. The first-order valence-electron chi connectivity index (χ1n) is 9.32. The van der Waals surface area contributed by atoms with Gasteiger partial charge in [0.25, 0.3) is 0 Å². The molecule has 0 saturated carbocycles. The molecule has 0 radical (unpaired) electrons. The smallest absolute Gasteiger partial charge is 0.153 e. The largest absolute Gasteiger partial charge is 0.371 e. The van der Waals surface area contributed by atoms with Crippen LogP contribution in [-0.4, -0.2) is 25.9 Å². The lowest BCUT2D eigenvalue weighted by Crippen LogP contribution is -2.37. The van der Waals surface area contributed by atoms with E-state index in [1.54, 1.807) is 0 Å². The number of anilines is 2. The average Bonchev–Trinajstić information content (AvgIpc) is 2.60. The lowest BCUT2D eigenvalue weighted by molar-refractivity contribution is 0.112. The molecule has 134 valence electrons. The normalized spacial score (nSPS) is 17.8. The summed E-state index contributed by atoms with van der Waals surface area (Å²) >= 11 is 3.52. The fourth-order valence-corrected chi connectivity index (χ4v) is 4.30. The molecule has 2 aromatic rings. The molecule has 4 heteroatoms. The summed E-state index contributed by atoms with van der Waals surface area (Å²) < 4.78 is 0.847. The predicted molar refractivity (Wildman–Crippen MR) is 112 cm³/mol. The first kappa shape index (κ1) is 17.3. The molecule has 3 nitrogen and oxygen atoms in total. The van der Waals surface area contributed by atoms with Crippen LogP contribution in [0.2, 0.25) is 0 Å². The number of hydrogen-bond donors (Lipinski definition) is 0. The Hall–Kier alpha value is -2.07. The molecule has 0 atom stereocenters. The molecule has 0 aromatic heterocycles. The van der Waals surface area contributed by atoms with Gasteiger partial charge in [-0.25, -0.2) is 0 Å². The second-order valence-electron chi connectivity index (χ2n) is 6.87. The van der Waals surface area contributed by atoms with E-state index in [-0.39, 0.29) is 0 Å². The maximum atomic E-state index is 11.7. The Morgan fingerprint density at radius 2 is 2.00 bits per heavy atom. The number of hydrogen-bond acceptors (Lipinski definition) is 3. The number of aldehydes is 1. The van der Waals surface area contributed by atoms with Crippen molar-refractivity contribution in [2.24, 2.45) is 0 Å². The van der Waals surface area contributed by atoms with Crippen LogP contribution >= 0.6 is 15.9 Å². The number of carbonyl (C=O) groups is 1. The van der Waals surface area contributed by atoms with Gasteiger partial charge in [-0.15, -0.1) is 0 Å². The second-order valence-corrected chi connectivity index (χ2v) is 7.73. The third kappa shape index (κ3) is 2.96. The van der Waals surface area contributed by atoms with Crippen LogP contribution in [-0.2, 0) is 6.42 Å². The molecule has 0 spiro atoms. The van der Waals surface area contributed by atoms with E-state index >= 15 is 0 Å².